The van der Waals surface area contributed by atoms with Crippen molar-refractivity contribution < 1.29 is 9.47 Å². The number of hydrogen-bond donors (Lipinski definition) is 1. The van der Waals surface area contributed by atoms with Crippen LogP contribution in [0.25, 0.3) is 0 Å². The maximum Gasteiger partial charge on any atom is 0.226 e. The Kier molecular flexibility index (Phi) is 4.76. The van der Waals surface area contributed by atoms with Gasteiger partial charge in [0.05, 0.1) is 13.2 Å². The first-order valence-corrected chi connectivity index (χ1v) is 6.50. The summed E-state index contributed by atoms with van der Waals surface area (Å²) < 4.78 is 10.8. The van der Waals surface area contributed by atoms with Crippen molar-refractivity contribution in [2.75, 3.05) is 19.0 Å². The van der Waals surface area contributed by atoms with Gasteiger partial charge in [-0.05, 0) is 31.5 Å². The summed E-state index contributed by atoms with van der Waals surface area (Å²) in [4.78, 5) is 8.34. The first-order chi connectivity index (χ1) is 9.67. The van der Waals surface area contributed by atoms with E-state index >= 15 is 0 Å². The van der Waals surface area contributed by atoms with Crippen molar-refractivity contribution in [1.82, 2.24) is 9.97 Å². The van der Waals surface area contributed by atoms with Gasteiger partial charge in [-0.1, -0.05) is 12.1 Å². The predicted molar refractivity (Wildman–Crippen MR) is 78.3 cm³/mol. The van der Waals surface area contributed by atoms with Crippen LogP contribution in [0.3, 0.4) is 0 Å². The minimum Gasteiger partial charge on any atom is -0.491 e. The molecule has 5 nitrogen and oxygen atoms in total. The average Bonchev–Trinajstić information content (AvgIpc) is 2.45. The molecule has 1 aromatic heterocycles. The van der Waals surface area contributed by atoms with Crippen LogP contribution in [-0.2, 0) is 0 Å². The quantitative estimate of drug-likeness (QED) is 0.877. The number of benzene rings is 1. The fourth-order valence-corrected chi connectivity index (χ4v) is 1.71. The SMILES string of the molecule is COc1ccnc(NC(C)COc2cccc(C)c2)n1. The number of ether oxygens (including phenoxy) is 2. The van der Waals surface area contributed by atoms with E-state index in [1.165, 1.54) is 5.56 Å². The zero-order valence-electron chi connectivity index (χ0n) is 12.0. The lowest BCUT2D eigenvalue weighted by Crippen LogP contribution is -2.24. The van der Waals surface area contributed by atoms with E-state index in [0.717, 1.165) is 5.75 Å². The summed E-state index contributed by atoms with van der Waals surface area (Å²) in [6.07, 6.45) is 1.66. The zero-order valence-corrected chi connectivity index (χ0v) is 12.0. The van der Waals surface area contributed by atoms with Crippen LogP contribution in [0.2, 0.25) is 0 Å². The minimum absolute atomic E-state index is 0.0858. The fourth-order valence-electron chi connectivity index (χ4n) is 1.71. The molecule has 0 spiro atoms. The van der Waals surface area contributed by atoms with E-state index < -0.39 is 0 Å². The van der Waals surface area contributed by atoms with E-state index in [1.807, 2.05) is 38.1 Å². The van der Waals surface area contributed by atoms with Gasteiger partial charge in [-0.15, -0.1) is 0 Å². The highest BCUT2D eigenvalue weighted by molar-refractivity contribution is 5.29. The molecule has 1 N–H and O–H groups in total. The van der Waals surface area contributed by atoms with Crippen molar-refractivity contribution in [3.8, 4) is 11.6 Å². The lowest BCUT2D eigenvalue weighted by atomic mass is 10.2. The Balaban J connectivity index is 1.87. The van der Waals surface area contributed by atoms with Crippen LogP contribution in [0, 0.1) is 6.92 Å². The first kappa shape index (κ1) is 14.1. The van der Waals surface area contributed by atoms with Crippen molar-refractivity contribution in [1.29, 1.82) is 0 Å². The lowest BCUT2D eigenvalue weighted by Gasteiger charge is -2.15. The van der Waals surface area contributed by atoms with Gasteiger partial charge >= 0.3 is 0 Å². The first-order valence-electron chi connectivity index (χ1n) is 6.50. The number of aromatic nitrogens is 2. The highest BCUT2D eigenvalue weighted by Gasteiger charge is 2.06. The van der Waals surface area contributed by atoms with Gasteiger partial charge in [0.1, 0.15) is 12.4 Å². The molecule has 1 atom stereocenters. The van der Waals surface area contributed by atoms with Crippen LogP contribution in [0.15, 0.2) is 36.5 Å². The smallest absolute Gasteiger partial charge is 0.226 e. The molecule has 5 heteroatoms. The molecule has 0 saturated heterocycles. The third-order valence-corrected chi connectivity index (χ3v) is 2.70. The summed E-state index contributed by atoms with van der Waals surface area (Å²) in [5.74, 6) is 1.93. The maximum atomic E-state index is 5.73. The average molecular weight is 273 g/mol. The number of methoxy groups -OCH3 is 1. The van der Waals surface area contributed by atoms with E-state index in [-0.39, 0.29) is 6.04 Å². The van der Waals surface area contributed by atoms with Gasteiger partial charge in [0.25, 0.3) is 0 Å². The third-order valence-electron chi connectivity index (χ3n) is 2.70. The Morgan fingerprint density at radius 1 is 1.30 bits per heavy atom. The van der Waals surface area contributed by atoms with E-state index in [9.17, 15) is 0 Å². The molecule has 2 aromatic rings. The monoisotopic (exact) mass is 273 g/mol. The van der Waals surface area contributed by atoms with Gasteiger partial charge in [-0.3, -0.25) is 0 Å². The second kappa shape index (κ2) is 6.75. The Morgan fingerprint density at radius 2 is 2.15 bits per heavy atom. The van der Waals surface area contributed by atoms with Crippen LogP contribution in [0.4, 0.5) is 5.95 Å². The number of rotatable bonds is 6. The molecular formula is C15H19N3O2. The van der Waals surface area contributed by atoms with Gasteiger partial charge in [-0.2, -0.15) is 4.98 Å². The molecule has 0 aliphatic rings. The Labute approximate surface area is 119 Å². The van der Waals surface area contributed by atoms with E-state index in [1.54, 1.807) is 19.4 Å². The molecule has 0 amide bonds. The van der Waals surface area contributed by atoms with Crippen LogP contribution >= 0.6 is 0 Å². The summed E-state index contributed by atoms with van der Waals surface area (Å²) >= 11 is 0. The molecule has 0 aliphatic carbocycles. The molecular weight excluding hydrogens is 254 g/mol. The second-order valence-corrected chi connectivity index (χ2v) is 4.60. The number of nitrogens with zero attached hydrogens (tertiary/aromatic N) is 2. The van der Waals surface area contributed by atoms with Crippen LogP contribution < -0.4 is 14.8 Å². The third kappa shape index (κ3) is 4.12. The molecule has 0 fully saturated rings. The van der Waals surface area contributed by atoms with Crippen molar-refractivity contribution in [3.63, 3.8) is 0 Å². The number of aryl methyl sites for hydroxylation is 1. The molecule has 0 radical (unpaired) electrons. The van der Waals surface area contributed by atoms with E-state index in [0.29, 0.717) is 18.4 Å². The normalized spacial score (nSPS) is 11.8. The van der Waals surface area contributed by atoms with Gasteiger partial charge in [0.2, 0.25) is 11.8 Å². The molecule has 1 aromatic carbocycles. The van der Waals surface area contributed by atoms with Gasteiger partial charge in [-0.25, -0.2) is 4.98 Å². The molecule has 20 heavy (non-hydrogen) atoms. The second-order valence-electron chi connectivity index (χ2n) is 4.60. The highest BCUT2D eigenvalue weighted by Crippen LogP contribution is 2.13. The zero-order chi connectivity index (χ0) is 14.4. The molecule has 0 aliphatic heterocycles. The number of nitrogens with one attached hydrogen (secondary N) is 1. The summed E-state index contributed by atoms with van der Waals surface area (Å²) in [5, 5.41) is 3.17. The minimum atomic E-state index is 0.0858. The maximum absolute atomic E-state index is 5.73. The molecule has 106 valence electrons. The summed E-state index contributed by atoms with van der Waals surface area (Å²) in [5.41, 5.74) is 1.18. The molecule has 0 bridgehead atoms. The predicted octanol–water partition coefficient (Wildman–Crippen LogP) is 2.67. The lowest BCUT2D eigenvalue weighted by molar-refractivity contribution is 0.303. The van der Waals surface area contributed by atoms with Crippen molar-refractivity contribution in [2.24, 2.45) is 0 Å². The van der Waals surface area contributed by atoms with Crippen molar-refractivity contribution >= 4 is 5.95 Å². The van der Waals surface area contributed by atoms with E-state index in [4.69, 9.17) is 9.47 Å². The van der Waals surface area contributed by atoms with Gasteiger partial charge in [0, 0.05) is 12.3 Å². The molecule has 1 heterocycles. The summed E-state index contributed by atoms with van der Waals surface area (Å²) in [6, 6.07) is 9.77. The van der Waals surface area contributed by atoms with Gasteiger partial charge < -0.3 is 14.8 Å². The summed E-state index contributed by atoms with van der Waals surface area (Å²) in [6.45, 7) is 4.58. The standard InChI is InChI=1S/C15H19N3O2/c1-11-5-4-6-13(9-11)20-10-12(2)17-15-16-8-7-14(18-15)19-3/h4-9,12H,10H2,1-3H3,(H,16,17,18). The highest BCUT2D eigenvalue weighted by atomic mass is 16.5. The van der Waals surface area contributed by atoms with E-state index in [2.05, 4.69) is 15.3 Å². The van der Waals surface area contributed by atoms with Crippen molar-refractivity contribution in [3.05, 3.63) is 42.1 Å². The Bertz CT molecular complexity index is 560. The molecule has 0 saturated carbocycles. The Morgan fingerprint density at radius 3 is 2.90 bits per heavy atom. The number of anilines is 1. The van der Waals surface area contributed by atoms with Crippen LogP contribution in [-0.4, -0.2) is 29.7 Å². The van der Waals surface area contributed by atoms with Crippen LogP contribution in [0.1, 0.15) is 12.5 Å². The molecule has 2 rings (SSSR count). The molecule has 1 unspecified atom stereocenters. The summed E-state index contributed by atoms with van der Waals surface area (Å²) in [7, 11) is 1.58. The number of hydrogen-bond acceptors (Lipinski definition) is 5. The topological polar surface area (TPSA) is 56.3 Å². The largest absolute Gasteiger partial charge is 0.491 e. The van der Waals surface area contributed by atoms with Gasteiger partial charge in [0.15, 0.2) is 0 Å². The van der Waals surface area contributed by atoms with Crippen molar-refractivity contribution in [2.45, 2.75) is 19.9 Å². The van der Waals surface area contributed by atoms with Crippen LogP contribution in [0.5, 0.6) is 11.6 Å². The fraction of sp³-hybridized carbons (Fsp3) is 0.333. The Hall–Kier alpha value is -2.30.